The van der Waals surface area contributed by atoms with Crippen molar-refractivity contribution in [3.8, 4) is 11.4 Å². The van der Waals surface area contributed by atoms with Gasteiger partial charge in [0.25, 0.3) is 5.56 Å². The maximum absolute atomic E-state index is 12.9. The van der Waals surface area contributed by atoms with Gasteiger partial charge in [0.15, 0.2) is 0 Å². The summed E-state index contributed by atoms with van der Waals surface area (Å²) in [6, 6.07) is 9.74. The van der Waals surface area contributed by atoms with Crippen molar-refractivity contribution in [1.29, 1.82) is 0 Å². The van der Waals surface area contributed by atoms with Gasteiger partial charge in [0.05, 0.1) is 23.2 Å². The Morgan fingerprint density at radius 3 is 2.76 bits per heavy atom. The molecule has 3 aromatic rings. The predicted octanol–water partition coefficient (Wildman–Crippen LogP) is 3.10. The van der Waals surface area contributed by atoms with E-state index in [1.807, 2.05) is 41.1 Å². The zero-order valence-corrected chi connectivity index (χ0v) is 14.5. The highest BCUT2D eigenvalue weighted by Crippen LogP contribution is 2.31. The summed E-state index contributed by atoms with van der Waals surface area (Å²) in [6.07, 6.45) is 8.47. The second-order valence-corrected chi connectivity index (χ2v) is 7.14. The molecular formula is C20H23N3O2. The number of aromatic nitrogens is 3. The number of imidazole rings is 1. The van der Waals surface area contributed by atoms with E-state index in [1.54, 1.807) is 17.8 Å². The molecule has 0 bridgehead atoms. The van der Waals surface area contributed by atoms with E-state index in [4.69, 9.17) is 0 Å². The Morgan fingerprint density at radius 2 is 1.96 bits per heavy atom. The first-order valence-corrected chi connectivity index (χ1v) is 8.90. The Hall–Kier alpha value is -2.40. The Bertz CT molecular complexity index is 964. The molecule has 5 nitrogen and oxygen atoms in total. The number of hydrogen-bond donors (Lipinski definition) is 1. The average Bonchev–Trinajstić information content (AvgIpc) is 3.06. The number of pyridine rings is 1. The first kappa shape index (κ1) is 16.1. The summed E-state index contributed by atoms with van der Waals surface area (Å²) in [4.78, 5) is 17.3. The molecule has 4 rings (SSSR count). The molecule has 1 N–H and O–H groups in total. The molecule has 0 saturated heterocycles. The van der Waals surface area contributed by atoms with Crippen molar-refractivity contribution in [2.75, 3.05) is 0 Å². The van der Waals surface area contributed by atoms with Gasteiger partial charge in [-0.15, -0.1) is 0 Å². The van der Waals surface area contributed by atoms with Crippen molar-refractivity contribution in [2.45, 2.75) is 44.2 Å². The number of rotatable bonds is 3. The fourth-order valence-corrected chi connectivity index (χ4v) is 3.95. The molecule has 0 aliphatic heterocycles. The Labute approximate surface area is 146 Å². The number of nitrogens with zero attached hydrogens (tertiary/aromatic N) is 3. The Balaban J connectivity index is 1.79. The van der Waals surface area contributed by atoms with Crippen LogP contribution in [0.1, 0.15) is 32.1 Å². The third kappa shape index (κ3) is 2.89. The number of para-hydroxylation sites is 1. The van der Waals surface area contributed by atoms with Crippen LogP contribution in [0.5, 0.6) is 0 Å². The molecule has 0 atom stereocenters. The molecular weight excluding hydrogens is 314 g/mol. The molecule has 1 saturated carbocycles. The number of hydrogen-bond acceptors (Lipinski definition) is 3. The average molecular weight is 337 g/mol. The fraction of sp³-hybridized carbons (Fsp3) is 0.400. The lowest BCUT2D eigenvalue weighted by atomic mass is 9.85. The first-order valence-electron chi connectivity index (χ1n) is 8.90. The lowest BCUT2D eigenvalue weighted by molar-refractivity contribution is -0.0111. The highest BCUT2D eigenvalue weighted by Gasteiger charge is 2.30. The molecule has 1 aromatic carbocycles. The molecule has 0 radical (unpaired) electrons. The Kier molecular flexibility index (Phi) is 3.96. The van der Waals surface area contributed by atoms with Gasteiger partial charge in [-0.1, -0.05) is 37.5 Å². The lowest BCUT2D eigenvalue weighted by Gasteiger charge is -2.32. The number of benzene rings is 1. The summed E-state index contributed by atoms with van der Waals surface area (Å²) < 4.78 is 3.59. The summed E-state index contributed by atoms with van der Waals surface area (Å²) in [6.45, 7) is 0.484. The lowest BCUT2D eigenvalue weighted by Crippen LogP contribution is -2.36. The summed E-state index contributed by atoms with van der Waals surface area (Å²) in [5.41, 5.74) is 0.711. The molecule has 1 aliphatic rings. The van der Waals surface area contributed by atoms with Crippen LogP contribution in [0.2, 0.25) is 0 Å². The summed E-state index contributed by atoms with van der Waals surface area (Å²) >= 11 is 0. The van der Waals surface area contributed by atoms with E-state index in [0.717, 1.165) is 36.6 Å². The predicted molar refractivity (Wildman–Crippen MR) is 98.4 cm³/mol. The van der Waals surface area contributed by atoms with Crippen LogP contribution in [0.25, 0.3) is 22.3 Å². The zero-order valence-electron chi connectivity index (χ0n) is 14.5. The van der Waals surface area contributed by atoms with Crippen LogP contribution in [0.3, 0.4) is 0 Å². The van der Waals surface area contributed by atoms with Gasteiger partial charge in [-0.3, -0.25) is 4.79 Å². The van der Waals surface area contributed by atoms with Crippen molar-refractivity contribution in [1.82, 2.24) is 14.1 Å². The van der Waals surface area contributed by atoms with Crippen LogP contribution in [-0.4, -0.2) is 24.8 Å². The van der Waals surface area contributed by atoms with Gasteiger partial charge in [-0.05, 0) is 30.4 Å². The smallest absolute Gasteiger partial charge is 0.261 e. The number of fused-ring (bicyclic) bond motifs is 1. The van der Waals surface area contributed by atoms with Crippen molar-refractivity contribution < 1.29 is 5.11 Å². The minimum absolute atomic E-state index is 0.0678. The largest absolute Gasteiger partial charge is 0.388 e. The van der Waals surface area contributed by atoms with E-state index in [0.29, 0.717) is 17.9 Å². The molecule has 1 fully saturated rings. The zero-order chi connectivity index (χ0) is 17.4. The number of aryl methyl sites for hydroxylation is 1. The summed E-state index contributed by atoms with van der Waals surface area (Å²) in [5, 5.41) is 11.9. The monoisotopic (exact) mass is 337 g/mol. The van der Waals surface area contributed by atoms with Gasteiger partial charge < -0.3 is 14.2 Å². The van der Waals surface area contributed by atoms with Gasteiger partial charge in [0.1, 0.15) is 5.82 Å². The summed E-state index contributed by atoms with van der Waals surface area (Å²) in [7, 11) is 1.79. The van der Waals surface area contributed by atoms with Crippen molar-refractivity contribution in [2.24, 2.45) is 7.05 Å². The maximum atomic E-state index is 12.9. The molecule has 25 heavy (non-hydrogen) atoms. The van der Waals surface area contributed by atoms with Crippen LogP contribution < -0.4 is 5.56 Å². The minimum atomic E-state index is -0.699. The second kappa shape index (κ2) is 6.15. The maximum Gasteiger partial charge on any atom is 0.261 e. The van der Waals surface area contributed by atoms with Gasteiger partial charge in [-0.2, -0.15) is 0 Å². The third-order valence-electron chi connectivity index (χ3n) is 5.34. The highest BCUT2D eigenvalue weighted by molar-refractivity contribution is 5.83. The van der Waals surface area contributed by atoms with Gasteiger partial charge in [0, 0.05) is 19.4 Å². The van der Waals surface area contributed by atoms with Gasteiger partial charge in [-0.25, -0.2) is 4.98 Å². The third-order valence-corrected chi connectivity index (χ3v) is 5.34. The fourth-order valence-electron chi connectivity index (χ4n) is 3.95. The van der Waals surface area contributed by atoms with Crippen molar-refractivity contribution in [3.63, 3.8) is 0 Å². The van der Waals surface area contributed by atoms with Crippen molar-refractivity contribution in [3.05, 3.63) is 53.1 Å². The minimum Gasteiger partial charge on any atom is -0.388 e. The molecule has 2 heterocycles. The highest BCUT2D eigenvalue weighted by atomic mass is 16.3. The van der Waals surface area contributed by atoms with E-state index in [1.165, 1.54) is 6.42 Å². The second-order valence-electron chi connectivity index (χ2n) is 7.14. The van der Waals surface area contributed by atoms with Crippen LogP contribution in [-0.2, 0) is 13.6 Å². The van der Waals surface area contributed by atoms with Crippen LogP contribution in [0, 0.1) is 0 Å². The van der Waals surface area contributed by atoms with E-state index < -0.39 is 5.60 Å². The van der Waals surface area contributed by atoms with Crippen molar-refractivity contribution >= 4 is 10.9 Å². The quantitative estimate of drug-likeness (QED) is 0.799. The van der Waals surface area contributed by atoms with Crippen LogP contribution >= 0.6 is 0 Å². The summed E-state index contributed by atoms with van der Waals surface area (Å²) in [5.74, 6) is 0.630. The van der Waals surface area contributed by atoms with E-state index >= 15 is 0 Å². The SMILES string of the molecule is Cn1c(=O)c(-c2nccn2CC2(O)CCCCC2)cc2ccccc21. The van der Waals surface area contributed by atoms with E-state index in [9.17, 15) is 9.90 Å². The van der Waals surface area contributed by atoms with Gasteiger partial charge >= 0.3 is 0 Å². The molecule has 0 spiro atoms. The Morgan fingerprint density at radius 1 is 1.20 bits per heavy atom. The molecule has 2 aromatic heterocycles. The molecule has 130 valence electrons. The topological polar surface area (TPSA) is 60.0 Å². The van der Waals surface area contributed by atoms with E-state index in [-0.39, 0.29) is 5.56 Å². The standard InChI is InChI=1S/C20H23N3O2/c1-22-17-8-4-3-7-15(17)13-16(19(22)24)18-21-11-12-23(18)14-20(25)9-5-2-6-10-20/h3-4,7-8,11-13,25H,2,5-6,9-10,14H2,1H3. The number of aliphatic hydroxyl groups is 1. The van der Waals surface area contributed by atoms with Gasteiger partial charge in [0.2, 0.25) is 0 Å². The van der Waals surface area contributed by atoms with Crippen LogP contribution in [0.4, 0.5) is 0 Å². The molecule has 5 heteroatoms. The first-order chi connectivity index (χ1) is 12.1. The molecule has 1 aliphatic carbocycles. The van der Waals surface area contributed by atoms with E-state index in [2.05, 4.69) is 4.98 Å². The molecule has 0 unspecified atom stereocenters. The molecule has 0 amide bonds. The van der Waals surface area contributed by atoms with Crippen LogP contribution in [0.15, 0.2) is 47.5 Å². The normalized spacial score (nSPS) is 17.0.